The minimum absolute atomic E-state index is 0.0136. The molecule has 4 nitrogen and oxygen atoms in total. The Morgan fingerprint density at radius 1 is 1.44 bits per heavy atom. The third-order valence-corrected chi connectivity index (χ3v) is 4.27. The summed E-state index contributed by atoms with van der Waals surface area (Å²) in [5.41, 5.74) is 7.27. The summed E-state index contributed by atoms with van der Waals surface area (Å²) in [4.78, 5) is 1.19. The van der Waals surface area contributed by atoms with Gasteiger partial charge in [0.2, 0.25) is 0 Å². The van der Waals surface area contributed by atoms with Gasteiger partial charge in [-0.3, -0.25) is 4.68 Å². The SMILES string of the molecule is Cn1nccc1C(N)C1CSc2ccccc2O1. The van der Waals surface area contributed by atoms with Gasteiger partial charge >= 0.3 is 0 Å². The molecule has 2 heterocycles. The summed E-state index contributed by atoms with van der Waals surface area (Å²) in [6.45, 7) is 0. The molecule has 0 saturated heterocycles. The predicted octanol–water partition coefficient (Wildman–Crippen LogP) is 1.97. The molecule has 0 amide bonds. The third-order valence-electron chi connectivity index (χ3n) is 3.13. The summed E-state index contributed by atoms with van der Waals surface area (Å²) in [7, 11) is 1.90. The van der Waals surface area contributed by atoms with E-state index in [1.165, 1.54) is 4.90 Å². The maximum atomic E-state index is 6.27. The highest BCUT2D eigenvalue weighted by Gasteiger charge is 2.28. The van der Waals surface area contributed by atoms with Gasteiger partial charge in [-0.2, -0.15) is 5.10 Å². The van der Waals surface area contributed by atoms with Crippen LogP contribution in [0.15, 0.2) is 41.4 Å². The van der Waals surface area contributed by atoms with Gasteiger partial charge in [-0.25, -0.2) is 0 Å². The minimum Gasteiger partial charge on any atom is -0.486 e. The molecule has 0 bridgehead atoms. The van der Waals surface area contributed by atoms with Gasteiger partial charge in [0.25, 0.3) is 0 Å². The first kappa shape index (κ1) is 11.6. The van der Waals surface area contributed by atoms with E-state index >= 15 is 0 Å². The molecule has 1 aromatic heterocycles. The molecule has 0 spiro atoms. The quantitative estimate of drug-likeness (QED) is 0.898. The van der Waals surface area contributed by atoms with Gasteiger partial charge in [-0.1, -0.05) is 12.1 Å². The van der Waals surface area contributed by atoms with Crippen LogP contribution in [0.5, 0.6) is 5.75 Å². The van der Waals surface area contributed by atoms with Crippen LogP contribution in [0.25, 0.3) is 0 Å². The number of aryl methyl sites for hydroxylation is 1. The molecular formula is C13H15N3OS. The molecule has 5 heteroatoms. The largest absolute Gasteiger partial charge is 0.486 e. The number of hydrogen-bond acceptors (Lipinski definition) is 4. The van der Waals surface area contributed by atoms with Crippen molar-refractivity contribution in [2.24, 2.45) is 12.8 Å². The molecule has 18 heavy (non-hydrogen) atoms. The summed E-state index contributed by atoms with van der Waals surface area (Å²) in [6.07, 6.45) is 1.75. The van der Waals surface area contributed by atoms with Crippen LogP contribution >= 0.6 is 11.8 Å². The van der Waals surface area contributed by atoms with Crippen molar-refractivity contribution < 1.29 is 4.74 Å². The summed E-state index contributed by atoms with van der Waals surface area (Å²) in [6, 6.07) is 9.86. The van der Waals surface area contributed by atoms with Crippen LogP contribution in [0, 0.1) is 0 Å². The van der Waals surface area contributed by atoms with Crippen molar-refractivity contribution in [2.45, 2.75) is 17.0 Å². The fourth-order valence-corrected chi connectivity index (χ4v) is 3.17. The second-order valence-corrected chi connectivity index (χ2v) is 5.38. The normalized spacial score (nSPS) is 20.0. The fraction of sp³-hybridized carbons (Fsp3) is 0.308. The number of thioether (sulfide) groups is 1. The van der Waals surface area contributed by atoms with Gasteiger partial charge in [0.1, 0.15) is 11.9 Å². The number of ether oxygens (including phenoxy) is 1. The Morgan fingerprint density at radius 2 is 2.28 bits per heavy atom. The van der Waals surface area contributed by atoms with Gasteiger partial charge in [0.15, 0.2) is 0 Å². The highest BCUT2D eigenvalue weighted by atomic mass is 32.2. The number of fused-ring (bicyclic) bond motifs is 1. The Labute approximate surface area is 110 Å². The molecule has 0 aliphatic carbocycles. The minimum atomic E-state index is -0.154. The number of rotatable bonds is 2. The molecule has 3 rings (SSSR count). The van der Waals surface area contributed by atoms with E-state index in [1.807, 2.05) is 31.3 Å². The summed E-state index contributed by atoms with van der Waals surface area (Å²) in [5.74, 6) is 1.79. The maximum Gasteiger partial charge on any atom is 0.133 e. The Hall–Kier alpha value is -1.46. The Kier molecular flexibility index (Phi) is 3.01. The molecule has 1 aliphatic heterocycles. The van der Waals surface area contributed by atoms with Crippen molar-refractivity contribution in [3.8, 4) is 5.75 Å². The zero-order chi connectivity index (χ0) is 12.5. The van der Waals surface area contributed by atoms with E-state index in [0.29, 0.717) is 0 Å². The topological polar surface area (TPSA) is 53.1 Å². The molecular weight excluding hydrogens is 246 g/mol. The van der Waals surface area contributed by atoms with Crippen LogP contribution in [-0.2, 0) is 7.05 Å². The number of aromatic nitrogens is 2. The lowest BCUT2D eigenvalue weighted by Crippen LogP contribution is -2.36. The van der Waals surface area contributed by atoms with Crippen LogP contribution in [0.4, 0.5) is 0 Å². The van der Waals surface area contributed by atoms with Crippen LogP contribution in [0.3, 0.4) is 0 Å². The Balaban J connectivity index is 1.82. The van der Waals surface area contributed by atoms with Crippen molar-refractivity contribution in [1.82, 2.24) is 9.78 Å². The first-order valence-electron chi connectivity index (χ1n) is 5.87. The van der Waals surface area contributed by atoms with E-state index in [0.717, 1.165) is 17.2 Å². The number of benzene rings is 1. The average Bonchev–Trinajstić information content (AvgIpc) is 2.83. The van der Waals surface area contributed by atoms with Crippen LogP contribution in [0.2, 0.25) is 0 Å². The molecule has 2 unspecified atom stereocenters. The smallest absolute Gasteiger partial charge is 0.133 e. The summed E-state index contributed by atoms with van der Waals surface area (Å²) >= 11 is 1.79. The molecule has 0 fully saturated rings. The standard InChI is InChI=1S/C13H15N3OS/c1-16-9(6-7-15-16)13(14)11-8-18-12-5-3-2-4-10(12)17-11/h2-7,11,13H,8,14H2,1H3. The summed E-state index contributed by atoms with van der Waals surface area (Å²) < 4.78 is 7.79. The van der Waals surface area contributed by atoms with Crippen LogP contribution in [0.1, 0.15) is 11.7 Å². The lowest BCUT2D eigenvalue weighted by molar-refractivity contribution is 0.181. The third kappa shape index (κ3) is 2.00. The molecule has 94 valence electrons. The summed E-state index contributed by atoms with van der Waals surface area (Å²) in [5, 5.41) is 4.15. The number of nitrogens with zero attached hydrogens (tertiary/aromatic N) is 2. The van der Waals surface area contributed by atoms with Crippen molar-refractivity contribution >= 4 is 11.8 Å². The van der Waals surface area contributed by atoms with E-state index in [-0.39, 0.29) is 12.1 Å². The molecule has 2 N–H and O–H groups in total. The lowest BCUT2D eigenvalue weighted by Gasteiger charge is -2.29. The number of hydrogen-bond donors (Lipinski definition) is 1. The first-order valence-corrected chi connectivity index (χ1v) is 6.86. The van der Waals surface area contributed by atoms with Crippen LogP contribution < -0.4 is 10.5 Å². The van der Waals surface area contributed by atoms with Gasteiger partial charge < -0.3 is 10.5 Å². The van der Waals surface area contributed by atoms with Crippen molar-refractivity contribution in [1.29, 1.82) is 0 Å². The zero-order valence-electron chi connectivity index (χ0n) is 10.1. The lowest BCUT2D eigenvalue weighted by atomic mass is 10.1. The highest BCUT2D eigenvalue weighted by Crippen LogP contribution is 2.37. The van der Waals surface area contributed by atoms with E-state index in [1.54, 1.807) is 22.6 Å². The van der Waals surface area contributed by atoms with Crippen molar-refractivity contribution in [3.63, 3.8) is 0 Å². The van der Waals surface area contributed by atoms with Crippen molar-refractivity contribution in [3.05, 3.63) is 42.2 Å². The zero-order valence-corrected chi connectivity index (χ0v) is 10.9. The molecule has 2 atom stereocenters. The van der Waals surface area contributed by atoms with Crippen molar-refractivity contribution in [2.75, 3.05) is 5.75 Å². The van der Waals surface area contributed by atoms with E-state index in [9.17, 15) is 0 Å². The number of nitrogens with two attached hydrogens (primary N) is 1. The molecule has 0 radical (unpaired) electrons. The fourth-order valence-electron chi connectivity index (χ4n) is 2.11. The second-order valence-electron chi connectivity index (χ2n) is 4.32. The Morgan fingerprint density at radius 3 is 3.06 bits per heavy atom. The molecule has 2 aromatic rings. The average molecular weight is 261 g/mol. The monoisotopic (exact) mass is 261 g/mol. The maximum absolute atomic E-state index is 6.27. The molecule has 1 aromatic carbocycles. The number of para-hydroxylation sites is 1. The van der Waals surface area contributed by atoms with Gasteiger partial charge in [-0.05, 0) is 18.2 Å². The van der Waals surface area contributed by atoms with E-state index in [4.69, 9.17) is 10.5 Å². The first-order chi connectivity index (χ1) is 8.75. The van der Waals surface area contributed by atoms with E-state index in [2.05, 4.69) is 11.2 Å². The van der Waals surface area contributed by atoms with Gasteiger partial charge in [0, 0.05) is 23.9 Å². The highest BCUT2D eigenvalue weighted by molar-refractivity contribution is 7.99. The second kappa shape index (κ2) is 4.66. The van der Waals surface area contributed by atoms with Crippen LogP contribution in [-0.4, -0.2) is 21.6 Å². The molecule has 0 saturated carbocycles. The van der Waals surface area contributed by atoms with E-state index < -0.39 is 0 Å². The Bertz CT molecular complexity index is 555. The predicted molar refractivity (Wildman–Crippen MR) is 71.7 cm³/mol. The molecule has 1 aliphatic rings. The van der Waals surface area contributed by atoms with Gasteiger partial charge in [-0.15, -0.1) is 11.8 Å². The van der Waals surface area contributed by atoms with Gasteiger partial charge in [0.05, 0.1) is 11.7 Å².